The first-order valence-electron chi connectivity index (χ1n) is 9.91. The number of amides is 2. The number of hydrogen-bond acceptors (Lipinski definition) is 7. The minimum absolute atomic E-state index is 0.125. The van der Waals surface area contributed by atoms with E-state index in [0.717, 1.165) is 0 Å². The van der Waals surface area contributed by atoms with E-state index in [1.165, 1.54) is 19.7 Å². The number of hydrogen-bond donors (Lipinski definition) is 2. The van der Waals surface area contributed by atoms with E-state index in [2.05, 4.69) is 15.6 Å². The van der Waals surface area contributed by atoms with Gasteiger partial charge < -0.3 is 24.5 Å². The fourth-order valence-corrected chi connectivity index (χ4v) is 2.96. The summed E-state index contributed by atoms with van der Waals surface area (Å²) in [6.07, 6.45) is 3.04. The number of methoxy groups -OCH3 is 1. The van der Waals surface area contributed by atoms with Crippen LogP contribution >= 0.6 is 0 Å². The second-order valence-corrected chi connectivity index (χ2v) is 8.41. The van der Waals surface area contributed by atoms with Gasteiger partial charge in [0.2, 0.25) is 5.91 Å². The molecule has 0 fully saturated rings. The van der Waals surface area contributed by atoms with Crippen molar-refractivity contribution in [2.24, 2.45) is 5.92 Å². The van der Waals surface area contributed by atoms with Crippen LogP contribution in [0.15, 0.2) is 29.1 Å². The van der Waals surface area contributed by atoms with Crippen molar-refractivity contribution in [2.75, 3.05) is 12.4 Å². The molecule has 0 saturated carbocycles. The Morgan fingerprint density at radius 3 is 2.48 bits per heavy atom. The van der Waals surface area contributed by atoms with Crippen molar-refractivity contribution in [1.29, 1.82) is 0 Å². The molecule has 2 aromatic rings. The highest BCUT2D eigenvalue weighted by atomic mass is 16.6. The molecule has 0 aliphatic heterocycles. The highest BCUT2D eigenvalue weighted by Crippen LogP contribution is 2.36. The first kappa shape index (κ1) is 23.9. The third-order valence-electron chi connectivity index (χ3n) is 4.19. The molecular weight excluding hydrogens is 402 g/mol. The lowest BCUT2D eigenvalue weighted by atomic mass is 10.0. The molecule has 0 bridgehead atoms. The van der Waals surface area contributed by atoms with Gasteiger partial charge in [0.1, 0.15) is 17.4 Å². The third kappa shape index (κ3) is 6.56. The lowest BCUT2D eigenvalue weighted by Crippen LogP contribution is -2.46. The quantitative estimate of drug-likeness (QED) is 0.605. The number of benzene rings is 1. The number of aromatic nitrogens is 1. The molecule has 0 aliphatic rings. The molecule has 9 heteroatoms. The molecule has 0 aliphatic carbocycles. The summed E-state index contributed by atoms with van der Waals surface area (Å²) in [4.78, 5) is 40.9. The van der Waals surface area contributed by atoms with Gasteiger partial charge in [-0.3, -0.25) is 9.59 Å². The lowest BCUT2D eigenvalue weighted by molar-refractivity contribution is -0.118. The molecule has 9 nitrogen and oxygen atoms in total. The van der Waals surface area contributed by atoms with Crippen LogP contribution in [0, 0.1) is 5.92 Å². The Hall–Kier alpha value is -3.36. The van der Waals surface area contributed by atoms with Gasteiger partial charge in [0.15, 0.2) is 18.4 Å². The van der Waals surface area contributed by atoms with Gasteiger partial charge in [0.25, 0.3) is 0 Å². The van der Waals surface area contributed by atoms with Gasteiger partial charge in [-0.2, -0.15) is 0 Å². The van der Waals surface area contributed by atoms with Crippen molar-refractivity contribution in [1.82, 2.24) is 10.3 Å². The summed E-state index contributed by atoms with van der Waals surface area (Å²) < 4.78 is 16.0. The van der Waals surface area contributed by atoms with Crippen molar-refractivity contribution in [3.8, 4) is 17.1 Å². The Balaban J connectivity index is 2.30. The van der Waals surface area contributed by atoms with Crippen LogP contribution in [0.1, 0.15) is 51.4 Å². The maximum absolute atomic E-state index is 13.0. The molecular formula is C22H29N3O6. The smallest absolute Gasteiger partial charge is 0.408 e. The van der Waals surface area contributed by atoms with Gasteiger partial charge in [-0.1, -0.05) is 13.8 Å². The molecule has 168 valence electrons. The van der Waals surface area contributed by atoms with Crippen LogP contribution < -0.4 is 15.4 Å². The second-order valence-electron chi connectivity index (χ2n) is 8.41. The number of anilines is 1. The van der Waals surface area contributed by atoms with E-state index in [0.29, 0.717) is 24.0 Å². The van der Waals surface area contributed by atoms with Crippen molar-refractivity contribution < 1.29 is 28.3 Å². The zero-order chi connectivity index (χ0) is 23.2. The number of rotatable bonds is 8. The van der Waals surface area contributed by atoms with E-state index in [4.69, 9.17) is 13.9 Å². The number of ether oxygens (including phenoxy) is 2. The summed E-state index contributed by atoms with van der Waals surface area (Å²) in [7, 11) is 1.42. The van der Waals surface area contributed by atoms with Crippen LogP contribution in [0.3, 0.4) is 0 Å². The monoisotopic (exact) mass is 431 g/mol. The fourth-order valence-electron chi connectivity index (χ4n) is 2.96. The predicted octanol–water partition coefficient (Wildman–Crippen LogP) is 4.04. The van der Waals surface area contributed by atoms with E-state index in [-0.39, 0.29) is 22.9 Å². The normalized spacial score (nSPS) is 12.2. The minimum Gasteiger partial charge on any atom is -0.495 e. The van der Waals surface area contributed by atoms with Gasteiger partial charge in [-0.15, -0.1) is 0 Å². The Kier molecular flexibility index (Phi) is 7.79. The first-order chi connectivity index (χ1) is 14.6. The van der Waals surface area contributed by atoms with E-state index in [9.17, 15) is 14.4 Å². The molecule has 1 atom stereocenters. The summed E-state index contributed by atoms with van der Waals surface area (Å²) in [5, 5.41) is 5.32. The van der Waals surface area contributed by atoms with Crippen LogP contribution in [-0.2, 0) is 9.53 Å². The highest BCUT2D eigenvalue weighted by Gasteiger charge is 2.27. The predicted molar refractivity (Wildman–Crippen MR) is 115 cm³/mol. The summed E-state index contributed by atoms with van der Waals surface area (Å²) in [6.45, 7) is 9.08. The number of alkyl carbamates (subject to hydrolysis) is 1. The largest absolute Gasteiger partial charge is 0.495 e. The third-order valence-corrected chi connectivity index (χ3v) is 4.19. The number of carbonyl (C=O) groups excluding carboxylic acids is 3. The molecule has 1 unspecified atom stereocenters. The Morgan fingerprint density at radius 1 is 1.26 bits per heavy atom. The summed E-state index contributed by atoms with van der Waals surface area (Å²) >= 11 is 0. The molecule has 0 radical (unpaired) electrons. The highest BCUT2D eigenvalue weighted by molar-refractivity contribution is 6.02. The number of aldehydes is 1. The lowest BCUT2D eigenvalue weighted by Gasteiger charge is -2.24. The average Bonchev–Trinajstić information content (AvgIpc) is 3.19. The average molecular weight is 431 g/mol. The standard InChI is InChI=1S/C22H29N3O6/c1-13(2)9-17(25-21(28)31-22(3,4)5)20(27)24-16-8-7-14(18-10-23-12-30-18)19(29-6)15(16)11-26/h7-8,10-13,17H,9H2,1-6H3,(H,24,27)(H,25,28). The van der Waals surface area contributed by atoms with Crippen molar-refractivity contribution in [2.45, 2.75) is 52.7 Å². The van der Waals surface area contributed by atoms with Gasteiger partial charge in [-0.25, -0.2) is 9.78 Å². The molecule has 1 heterocycles. The molecule has 31 heavy (non-hydrogen) atoms. The van der Waals surface area contributed by atoms with Crippen molar-refractivity contribution in [3.05, 3.63) is 30.3 Å². The second kappa shape index (κ2) is 10.1. The number of carbonyl (C=O) groups is 3. The summed E-state index contributed by atoms with van der Waals surface area (Å²) in [6, 6.07) is 2.37. The Labute approximate surface area is 181 Å². The zero-order valence-electron chi connectivity index (χ0n) is 18.6. The maximum Gasteiger partial charge on any atom is 0.408 e. The van der Waals surface area contributed by atoms with Crippen LogP contribution in [0.2, 0.25) is 0 Å². The Bertz CT molecular complexity index is 916. The zero-order valence-corrected chi connectivity index (χ0v) is 18.6. The maximum atomic E-state index is 13.0. The van der Waals surface area contributed by atoms with Crippen molar-refractivity contribution in [3.63, 3.8) is 0 Å². The number of nitrogens with zero attached hydrogens (tertiary/aromatic N) is 1. The van der Waals surface area contributed by atoms with Crippen LogP contribution in [0.4, 0.5) is 10.5 Å². The number of oxazole rings is 1. The molecule has 2 rings (SSSR count). The molecule has 2 N–H and O–H groups in total. The Morgan fingerprint density at radius 2 is 1.97 bits per heavy atom. The van der Waals surface area contributed by atoms with Gasteiger partial charge >= 0.3 is 6.09 Å². The van der Waals surface area contributed by atoms with Crippen molar-refractivity contribution >= 4 is 24.0 Å². The topological polar surface area (TPSA) is 120 Å². The van der Waals surface area contributed by atoms with E-state index < -0.39 is 23.6 Å². The first-order valence-corrected chi connectivity index (χ1v) is 9.91. The van der Waals surface area contributed by atoms with Crippen LogP contribution in [-0.4, -0.2) is 42.0 Å². The van der Waals surface area contributed by atoms with E-state index in [1.54, 1.807) is 32.9 Å². The summed E-state index contributed by atoms with van der Waals surface area (Å²) in [5.74, 6) is 0.309. The molecule has 1 aromatic heterocycles. The van der Waals surface area contributed by atoms with Crippen LogP contribution in [0.25, 0.3) is 11.3 Å². The summed E-state index contributed by atoms with van der Waals surface area (Å²) in [5.41, 5.74) is 0.216. The van der Waals surface area contributed by atoms with E-state index in [1.807, 2.05) is 13.8 Å². The van der Waals surface area contributed by atoms with Gasteiger partial charge in [0.05, 0.1) is 30.1 Å². The number of nitrogens with one attached hydrogen (secondary N) is 2. The SMILES string of the molecule is COc1c(-c2cnco2)ccc(NC(=O)C(CC(C)C)NC(=O)OC(C)(C)C)c1C=O. The minimum atomic E-state index is -0.853. The molecule has 2 amide bonds. The fraction of sp³-hybridized carbons (Fsp3) is 0.455. The van der Waals surface area contributed by atoms with E-state index >= 15 is 0 Å². The molecule has 0 saturated heterocycles. The molecule has 0 spiro atoms. The van der Waals surface area contributed by atoms with Gasteiger partial charge in [0, 0.05) is 0 Å². The molecule has 1 aromatic carbocycles. The van der Waals surface area contributed by atoms with Crippen LogP contribution in [0.5, 0.6) is 5.75 Å². The van der Waals surface area contributed by atoms with Gasteiger partial charge in [-0.05, 0) is 45.2 Å².